The van der Waals surface area contributed by atoms with E-state index in [2.05, 4.69) is 19.8 Å². The number of anilines is 1. The summed E-state index contributed by atoms with van der Waals surface area (Å²) in [4.78, 5) is 5.87. The third-order valence-corrected chi connectivity index (χ3v) is 4.46. The summed E-state index contributed by atoms with van der Waals surface area (Å²) in [6.45, 7) is 1.58. The van der Waals surface area contributed by atoms with E-state index in [1.54, 1.807) is 6.92 Å². The molecule has 2 heterocycles. The van der Waals surface area contributed by atoms with Crippen molar-refractivity contribution in [3.05, 3.63) is 18.2 Å². The molecule has 2 aromatic rings. The standard InChI is InChI=1S/C8H12N6O4S2/c1-5-10-3-7(11-5)20(17,18)13-8-6(19(9,15)16)4-14(2)12-8/h3-4H,1-2H3,(H,10,11)(H,12,13)(H2,9,15,16). The lowest BCUT2D eigenvalue weighted by atomic mass is 10.7. The minimum Gasteiger partial charge on any atom is -0.332 e. The topological polar surface area (TPSA) is 153 Å². The molecule has 2 rings (SSSR count). The Balaban J connectivity index is 2.45. The molecule has 0 fully saturated rings. The number of aromatic nitrogens is 4. The lowest BCUT2D eigenvalue weighted by molar-refractivity contribution is 0.597. The van der Waals surface area contributed by atoms with Gasteiger partial charge in [0.25, 0.3) is 10.0 Å². The Hall–Kier alpha value is -1.92. The lowest BCUT2D eigenvalue weighted by Crippen LogP contribution is -2.18. The van der Waals surface area contributed by atoms with Gasteiger partial charge in [0, 0.05) is 13.2 Å². The van der Waals surface area contributed by atoms with Gasteiger partial charge in [-0.2, -0.15) is 13.5 Å². The third kappa shape index (κ3) is 2.81. The number of nitrogens with zero attached hydrogens (tertiary/aromatic N) is 3. The zero-order valence-corrected chi connectivity index (χ0v) is 12.2. The molecule has 0 spiro atoms. The molecule has 110 valence electrons. The summed E-state index contributed by atoms with van der Waals surface area (Å²) in [6.07, 6.45) is 2.21. The van der Waals surface area contributed by atoms with Crippen LogP contribution in [0.1, 0.15) is 5.82 Å². The Bertz CT molecular complexity index is 847. The van der Waals surface area contributed by atoms with Gasteiger partial charge in [-0.15, -0.1) is 0 Å². The minimum absolute atomic E-state index is 0.207. The number of hydrogen-bond acceptors (Lipinski definition) is 6. The number of H-pyrrole nitrogens is 1. The molecule has 0 aromatic carbocycles. The van der Waals surface area contributed by atoms with Gasteiger partial charge >= 0.3 is 0 Å². The van der Waals surface area contributed by atoms with E-state index in [0.29, 0.717) is 5.82 Å². The fraction of sp³-hybridized carbons (Fsp3) is 0.250. The van der Waals surface area contributed by atoms with Crippen molar-refractivity contribution in [1.29, 1.82) is 0 Å². The zero-order chi connectivity index (χ0) is 15.1. The van der Waals surface area contributed by atoms with Crippen LogP contribution in [0, 0.1) is 6.92 Å². The van der Waals surface area contributed by atoms with Crippen molar-refractivity contribution in [1.82, 2.24) is 19.7 Å². The minimum atomic E-state index is -4.10. The zero-order valence-electron chi connectivity index (χ0n) is 10.5. The molecular formula is C8H12N6O4S2. The summed E-state index contributed by atoms with van der Waals surface area (Å²) in [6, 6.07) is 0. The van der Waals surface area contributed by atoms with Crippen LogP contribution in [0.15, 0.2) is 22.3 Å². The third-order valence-electron chi connectivity index (χ3n) is 2.30. The van der Waals surface area contributed by atoms with Crippen LogP contribution in [0.25, 0.3) is 0 Å². The predicted molar refractivity (Wildman–Crippen MR) is 68.7 cm³/mol. The number of aromatic amines is 1. The van der Waals surface area contributed by atoms with Gasteiger partial charge in [-0.25, -0.2) is 18.5 Å². The van der Waals surface area contributed by atoms with Crippen molar-refractivity contribution in [2.45, 2.75) is 16.8 Å². The maximum atomic E-state index is 12.0. The first-order chi connectivity index (χ1) is 9.09. The van der Waals surface area contributed by atoms with Crippen LogP contribution in [0.5, 0.6) is 0 Å². The number of sulfonamides is 2. The maximum absolute atomic E-state index is 12.0. The largest absolute Gasteiger partial charge is 0.332 e. The van der Waals surface area contributed by atoms with E-state index in [1.807, 2.05) is 0 Å². The number of nitrogens with one attached hydrogen (secondary N) is 2. The summed E-state index contributed by atoms with van der Waals surface area (Å²) in [5.41, 5.74) is 0. The number of imidazole rings is 1. The van der Waals surface area contributed by atoms with Gasteiger partial charge in [0.2, 0.25) is 10.0 Å². The quantitative estimate of drug-likeness (QED) is 0.650. The Labute approximate surface area is 115 Å². The summed E-state index contributed by atoms with van der Waals surface area (Å²) in [7, 11) is -6.69. The molecule has 12 heteroatoms. The summed E-state index contributed by atoms with van der Waals surface area (Å²) >= 11 is 0. The smallest absolute Gasteiger partial charge is 0.280 e. The Kier molecular flexibility index (Phi) is 3.31. The van der Waals surface area contributed by atoms with Gasteiger partial charge in [-0.3, -0.25) is 9.40 Å². The molecule has 0 aliphatic heterocycles. The molecule has 0 amide bonds. The number of rotatable bonds is 4. The second kappa shape index (κ2) is 4.57. The molecule has 4 N–H and O–H groups in total. The molecular weight excluding hydrogens is 308 g/mol. The van der Waals surface area contributed by atoms with Crippen LogP contribution in [-0.2, 0) is 27.1 Å². The van der Waals surface area contributed by atoms with Crippen molar-refractivity contribution < 1.29 is 16.8 Å². The van der Waals surface area contributed by atoms with E-state index in [1.165, 1.54) is 7.05 Å². The highest BCUT2D eigenvalue weighted by Crippen LogP contribution is 2.20. The molecule has 2 aromatic heterocycles. The van der Waals surface area contributed by atoms with Crippen molar-refractivity contribution in [3.63, 3.8) is 0 Å². The number of aryl methyl sites for hydroxylation is 2. The van der Waals surface area contributed by atoms with Crippen molar-refractivity contribution >= 4 is 25.9 Å². The monoisotopic (exact) mass is 320 g/mol. The van der Waals surface area contributed by atoms with Gasteiger partial charge in [-0.1, -0.05) is 0 Å². The highest BCUT2D eigenvalue weighted by atomic mass is 32.2. The van der Waals surface area contributed by atoms with Crippen molar-refractivity contribution in [2.24, 2.45) is 12.2 Å². The molecule has 0 atom stereocenters. The van der Waals surface area contributed by atoms with Crippen LogP contribution in [-0.4, -0.2) is 36.6 Å². The highest BCUT2D eigenvalue weighted by Gasteiger charge is 2.24. The lowest BCUT2D eigenvalue weighted by Gasteiger charge is -2.04. The summed E-state index contributed by atoms with van der Waals surface area (Å²) in [5.74, 6) is 0.0281. The van der Waals surface area contributed by atoms with Crippen LogP contribution >= 0.6 is 0 Å². The predicted octanol–water partition coefficient (Wildman–Crippen LogP) is -1.10. The van der Waals surface area contributed by atoms with Crippen LogP contribution in [0.3, 0.4) is 0 Å². The molecule has 0 aliphatic rings. The van der Waals surface area contributed by atoms with Crippen LogP contribution in [0.2, 0.25) is 0 Å². The molecule has 0 unspecified atom stereocenters. The van der Waals surface area contributed by atoms with Crippen molar-refractivity contribution in [2.75, 3.05) is 4.72 Å². The average Bonchev–Trinajstić information content (AvgIpc) is 2.84. The molecule has 0 radical (unpaired) electrons. The normalized spacial score (nSPS) is 12.6. The van der Waals surface area contributed by atoms with E-state index >= 15 is 0 Å². The molecule has 0 aliphatic carbocycles. The van der Waals surface area contributed by atoms with E-state index < -0.39 is 24.9 Å². The van der Waals surface area contributed by atoms with Gasteiger partial charge in [-0.05, 0) is 6.92 Å². The second-order valence-corrected chi connectivity index (χ2v) is 7.18. The van der Waals surface area contributed by atoms with Crippen LogP contribution in [0.4, 0.5) is 5.82 Å². The van der Waals surface area contributed by atoms with E-state index in [0.717, 1.165) is 17.1 Å². The first-order valence-electron chi connectivity index (χ1n) is 5.20. The van der Waals surface area contributed by atoms with Crippen molar-refractivity contribution in [3.8, 4) is 0 Å². The molecule has 0 saturated heterocycles. The van der Waals surface area contributed by atoms with Gasteiger partial charge in [0.1, 0.15) is 10.7 Å². The van der Waals surface area contributed by atoms with Crippen LogP contribution < -0.4 is 9.86 Å². The van der Waals surface area contributed by atoms with E-state index in [9.17, 15) is 16.8 Å². The Morgan fingerprint density at radius 1 is 1.35 bits per heavy atom. The fourth-order valence-electron chi connectivity index (χ4n) is 1.46. The number of nitrogens with two attached hydrogens (primary N) is 1. The fourth-order valence-corrected chi connectivity index (χ4v) is 3.18. The summed E-state index contributed by atoms with van der Waals surface area (Å²) < 4.78 is 50.0. The molecule has 20 heavy (non-hydrogen) atoms. The number of hydrogen-bond donors (Lipinski definition) is 3. The first-order valence-corrected chi connectivity index (χ1v) is 8.23. The summed E-state index contributed by atoms with van der Waals surface area (Å²) in [5, 5.41) is 8.52. The van der Waals surface area contributed by atoms with Gasteiger partial charge in [0.15, 0.2) is 10.8 Å². The molecule has 0 saturated carbocycles. The Morgan fingerprint density at radius 3 is 2.50 bits per heavy atom. The Morgan fingerprint density at radius 2 is 2.00 bits per heavy atom. The van der Waals surface area contributed by atoms with Gasteiger partial charge < -0.3 is 4.98 Å². The first kappa shape index (κ1) is 14.5. The highest BCUT2D eigenvalue weighted by molar-refractivity contribution is 7.93. The maximum Gasteiger partial charge on any atom is 0.280 e. The second-order valence-electron chi connectivity index (χ2n) is 4.00. The number of primary sulfonamides is 1. The average molecular weight is 320 g/mol. The van der Waals surface area contributed by atoms with Gasteiger partial charge in [0.05, 0.1) is 6.20 Å². The van der Waals surface area contributed by atoms with E-state index in [4.69, 9.17) is 5.14 Å². The molecule has 10 nitrogen and oxygen atoms in total. The molecule has 0 bridgehead atoms. The van der Waals surface area contributed by atoms with E-state index in [-0.39, 0.29) is 10.8 Å². The SMILES string of the molecule is Cc1ncc(S(=O)(=O)Nc2nn(C)cc2S(N)(=O)=O)[nH]1.